The van der Waals surface area contributed by atoms with E-state index in [0.717, 1.165) is 30.1 Å². The lowest BCUT2D eigenvalue weighted by Crippen LogP contribution is -2.46. The number of nitrogens with one attached hydrogen (secondary N) is 1. The molecule has 8 nitrogen and oxygen atoms in total. The summed E-state index contributed by atoms with van der Waals surface area (Å²) in [6, 6.07) is 7.79. The smallest absolute Gasteiger partial charge is 0.276 e. The summed E-state index contributed by atoms with van der Waals surface area (Å²) in [5, 5.41) is 11.6. The number of hydrogen-bond donors (Lipinski definition) is 1. The van der Waals surface area contributed by atoms with Gasteiger partial charge >= 0.3 is 0 Å². The summed E-state index contributed by atoms with van der Waals surface area (Å²) < 4.78 is 12.9. The van der Waals surface area contributed by atoms with Crippen LogP contribution in [-0.4, -0.2) is 59.1 Å². The zero-order valence-corrected chi connectivity index (χ0v) is 15.4. The van der Waals surface area contributed by atoms with E-state index in [0.29, 0.717) is 31.9 Å². The molecular formula is C17H22ClN5O3. The molecule has 2 aliphatic rings. The molecule has 1 fully saturated rings. The van der Waals surface area contributed by atoms with Gasteiger partial charge in [-0.2, -0.15) is 0 Å². The van der Waals surface area contributed by atoms with Gasteiger partial charge in [-0.25, -0.2) is 4.68 Å². The van der Waals surface area contributed by atoms with Gasteiger partial charge in [-0.05, 0) is 17.7 Å². The average molecular weight is 380 g/mol. The van der Waals surface area contributed by atoms with Crippen molar-refractivity contribution in [3.8, 4) is 5.75 Å². The van der Waals surface area contributed by atoms with Gasteiger partial charge in [0, 0.05) is 26.2 Å². The number of benzene rings is 1. The van der Waals surface area contributed by atoms with Crippen molar-refractivity contribution in [3.63, 3.8) is 0 Å². The van der Waals surface area contributed by atoms with E-state index in [-0.39, 0.29) is 24.4 Å². The van der Waals surface area contributed by atoms with Crippen molar-refractivity contribution in [3.05, 3.63) is 41.2 Å². The fraction of sp³-hybridized carbons (Fsp3) is 0.471. The van der Waals surface area contributed by atoms with E-state index in [1.165, 1.54) is 0 Å². The van der Waals surface area contributed by atoms with Gasteiger partial charge in [-0.3, -0.25) is 4.79 Å². The molecule has 9 heteroatoms. The van der Waals surface area contributed by atoms with Crippen molar-refractivity contribution in [2.45, 2.75) is 19.3 Å². The number of halogens is 1. The second-order valence-corrected chi connectivity index (χ2v) is 6.18. The zero-order valence-electron chi connectivity index (χ0n) is 14.6. The molecule has 1 unspecified atom stereocenters. The van der Waals surface area contributed by atoms with Crippen LogP contribution >= 0.6 is 12.4 Å². The minimum absolute atomic E-state index is 0. The van der Waals surface area contributed by atoms with Crippen LogP contribution in [0.2, 0.25) is 0 Å². The summed E-state index contributed by atoms with van der Waals surface area (Å²) in [5.41, 5.74) is 2.22. The quantitative estimate of drug-likeness (QED) is 0.857. The summed E-state index contributed by atoms with van der Waals surface area (Å²) >= 11 is 0. The van der Waals surface area contributed by atoms with Crippen LogP contribution in [0.3, 0.4) is 0 Å². The first-order valence-electron chi connectivity index (χ1n) is 8.44. The SMILES string of the molecule is COc1ccc(C2Cn3nnc(C(=O)N4CCNCC4)c3CO2)cc1.Cl. The number of nitrogens with zero attached hydrogens (tertiary/aromatic N) is 4. The van der Waals surface area contributed by atoms with Crippen LogP contribution in [0.25, 0.3) is 0 Å². The van der Waals surface area contributed by atoms with E-state index in [4.69, 9.17) is 9.47 Å². The van der Waals surface area contributed by atoms with Crippen LogP contribution in [-0.2, 0) is 17.9 Å². The Morgan fingerprint density at radius 2 is 2.00 bits per heavy atom. The maximum atomic E-state index is 12.7. The number of rotatable bonds is 3. The molecule has 1 amide bonds. The molecule has 0 spiro atoms. The number of carbonyl (C=O) groups is 1. The lowest BCUT2D eigenvalue weighted by Gasteiger charge is -2.28. The summed E-state index contributed by atoms with van der Waals surface area (Å²) in [7, 11) is 1.64. The molecule has 140 valence electrons. The second kappa shape index (κ2) is 8.03. The fourth-order valence-corrected chi connectivity index (χ4v) is 3.22. The molecule has 0 saturated carbocycles. The van der Waals surface area contributed by atoms with Crippen LogP contribution in [0.1, 0.15) is 27.8 Å². The Kier molecular flexibility index (Phi) is 5.75. The number of piperazine rings is 1. The number of methoxy groups -OCH3 is 1. The van der Waals surface area contributed by atoms with Crippen LogP contribution in [0.15, 0.2) is 24.3 Å². The van der Waals surface area contributed by atoms with Gasteiger partial charge in [0.05, 0.1) is 26.0 Å². The highest BCUT2D eigenvalue weighted by Crippen LogP contribution is 2.28. The Morgan fingerprint density at radius 1 is 1.27 bits per heavy atom. The third-order valence-electron chi connectivity index (χ3n) is 4.69. The molecular weight excluding hydrogens is 358 g/mol. The number of hydrogen-bond acceptors (Lipinski definition) is 6. The van der Waals surface area contributed by atoms with E-state index in [2.05, 4.69) is 15.6 Å². The van der Waals surface area contributed by atoms with E-state index in [1.54, 1.807) is 11.8 Å². The van der Waals surface area contributed by atoms with E-state index in [9.17, 15) is 4.79 Å². The summed E-state index contributed by atoms with van der Waals surface area (Å²) in [5.74, 6) is 0.749. The maximum absolute atomic E-state index is 12.7. The highest BCUT2D eigenvalue weighted by Gasteiger charge is 2.30. The Morgan fingerprint density at radius 3 is 2.69 bits per heavy atom. The fourth-order valence-electron chi connectivity index (χ4n) is 3.22. The van der Waals surface area contributed by atoms with E-state index < -0.39 is 0 Å². The monoisotopic (exact) mass is 379 g/mol. The number of ether oxygens (including phenoxy) is 2. The predicted octanol–water partition coefficient (Wildman–Crippen LogP) is 1.03. The van der Waals surface area contributed by atoms with Crippen LogP contribution < -0.4 is 10.1 Å². The van der Waals surface area contributed by atoms with Crippen molar-refractivity contribution in [2.75, 3.05) is 33.3 Å². The van der Waals surface area contributed by atoms with Crippen molar-refractivity contribution >= 4 is 18.3 Å². The molecule has 1 aromatic heterocycles. The highest BCUT2D eigenvalue weighted by molar-refractivity contribution is 5.93. The summed E-state index contributed by atoms with van der Waals surface area (Å²) in [4.78, 5) is 14.5. The minimum atomic E-state index is -0.109. The first-order chi connectivity index (χ1) is 12.3. The lowest BCUT2D eigenvalue weighted by molar-refractivity contribution is -0.00199. The summed E-state index contributed by atoms with van der Waals surface area (Å²) in [6.07, 6.45) is -0.109. The number of fused-ring (bicyclic) bond motifs is 1. The van der Waals surface area contributed by atoms with E-state index in [1.807, 2.05) is 29.2 Å². The van der Waals surface area contributed by atoms with Gasteiger partial charge in [0.25, 0.3) is 5.91 Å². The predicted molar refractivity (Wildman–Crippen MR) is 96.6 cm³/mol. The molecule has 1 N–H and O–H groups in total. The minimum Gasteiger partial charge on any atom is -0.497 e. The second-order valence-electron chi connectivity index (χ2n) is 6.18. The molecule has 0 radical (unpaired) electrons. The lowest BCUT2D eigenvalue weighted by atomic mass is 10.1. The molecule has 1 aromatic carbocycles. The van der Waals surface area contributed by atoms with Gasteiger partial charge in [0.1, 0.15) is 11.9 Å². The number of amides is 1. The third kappa shape index (κ3) is 3.53. The summed E-state index contributed by atoms with van der Waals surface area (Å²) in [6.45, 7) is 3.89. The first-order valence-corrected chi connectivity index (χ1v) is 8.44. The van der Waals surface area contributed by atoms with Crippen LogP contribution in [0.4, 0.5) is 0 Å². The van der Waals surface area contributed by atoms with Crippen LogP contribution in [0.5, 0.6) is 5.75 Å². The Hall–Kier alpha value is -2.16. The van der Waals surface area contributed by atoms with Gasteiger partial charge in [0.15, 0.2) is 5.69 Å². The Bertz CT molecular complexity index is 758. The molecule has 1 atom stereocenters. The van der Waals surface area contributed by atoms with Crippen LogP contribution in [0, 0.1) is 0 Å². The normalized spacial score (nSPS) is 19.4. The molecule has 4 rings (SSSR count). The number of aromatic nitrogens is 3. The van der Waals surface area contributed by atoms with Gasteiger partial charge in [0.2, 0.25) is 0 Å². The van der Waals surface area contributed by atoms with E-state index >= 15 is 0 Å². The van der Waals surface area contributed by atoms with Crippen molar-refractivity contribution in [1.82, 2.24) is 25.2 Å². The largest absolute Gasteiger partial charge is 0.497 e. The topological polar surface area (TPSA) is 81.5 Å². The molecule has 3 heterocycles. The Labute approximate surface area is 157 Å². The molecule has 2 aromatic rings. The highest BCUT2D eigenvalue weighted by atomic mass is 35.5. The van der Waals surface area contributed by atoms with Gasteiger partial charge < -0.3 is 19.7 Å². The van der Waals surface area contributed by atoms with Gasteiger partial charge in [-0.1, -0.05) is 17.3 Å². The molecule has 2 aliphatic heterocycles. The molecule has 0 bridgehead atoms. The molecule has 1 saturated heterocycles. The van der Waals surface area contributed by atoms with Crippen molar-refractivity contribution in [1.29, 1.82) is 0 Å². The third-order valence-corrected chi connectivity index (χ3v) is 4.69. The first kappa shape index (κ1) is 18.6. The average Bonchev–Trinajstić information content (AvgIpc) is 3.11. The van der Waals surface area contributed by atoms with Crippen molar-refractivity contribution in [2.24, 2.45) is 0 Å². The van der Waals surface area contributed by atoms with Crippen molar-refractivity contribution < 1.29 is 14.3 Å². The molecule has 26 heavy (non-hydrogen) atoms. The molecule has 0 aliphatic carbocycles. The Balaban J connectivity index is 0.00000196. The maximum Gasteiger partial charge on any atom is 0.276 e. The van der Waals surface area contributed by atoms with Gasteiger partial charge in [-0.15, -0.1) is 17.5 Å². The zero-order chi connectivity index (χ0) is 17.2. The number of carbonyl (C=O) groups excluding carboxylic acids is 1. The standard InChI is InChI=1S/C17H21N5O3.ClH/c1-24-13-4-2-12(3-5-13)15-10-22-14(11-25-15)16(19-20-22)17(23)21-8-6-18-7-9-21;/h2-5,15,18H,6-11H2,1H3;1H.